The van der Waals surface area contributed by atoms with E-state index in [4.69, 9.17) is 5.73 Å². The Labute approximate surface area is 134 Å². The van der Waals surface area contributed by atoms with E-state index in [1.165, 1.54) is 24.5 Å². The predicted octanol–water partition coefficient (Wildman–Crippen LogP) is 3.29. The Morgan fingerprint density at radius 2 is 1.91 bits per heavy atom. The SMILES string of the molecule is N[C@H]1CN(c2cccc(C3CC3)c2)c2cccc(F)c2CC1=O. The highest BCUT2D eigenvalue weighted by atomic mass is 19.1. The normalized spacial score (nSPS) is 21.0. The molecule has 2 aromatic carbocycles. The molecule has 2 aliphatic rings. The summed E-state index contributed by atoms with van der Waals surface area (Å²) in [5.41, 5.74) is 9.52. The number of hydrogen-bond donors (Lipinski definition) is 1. The van der Waals surface area contributed by atoms with Gasteiger partial charge in [0.15, 0.2) is 5.78 Å². The molecular formula is C19H19FN2O. The second kappa shape index (κ2) is 5.46. The molecule has 0 amide bonds. The summed E-state index contributed by atoms with van der Waals surface area (Å²) in [5.74, 6) is 0.190. The molecule has 23 heavy (non-hydrogen) atoms. The fourth-order valence-corrected chi connectivity index (χ4v) is 3.29. The van der Waals surface area contributed by atoms with Crippen molar-refractivity contribution in [3.63, 3.8) is 0 Å². The standard InChI is InChI=1S/C19H19FN2O/c20-16-5-2-6-18-15(16)10-19(23)17(21)11-22(18)14-4-1-3-13(9-14)12-7-8-12/h1-6,9,12,17H,7-8,10-11,21H2/t17-/m0/s1. The number of nitrogens with zero attached hydrogens (tertiary/aromatic N) is 1. The molecule has 4 heteroatoms. The van der Waals surface area contributed by atoms with Crippen LogP contribution in [0.15, 0.2) is 42.5 Å². The molecule has 2 N–H and O–H groups in total. The lowest BCUT2D eigenvalue weighted by Gasteiger charge is -2.27. The first-order valence-corrected chi connectivity index (χ1v) is 8.06. The number of Topliss-reactive ketones (excluding diaryl/α,β-unsaturated/α-hetero) is 1. The van der Waals surface area contributed by atoms with E-state index in [0.29, 0.717) is 18.0 Å². The van der Waals surface area contributed by atoms with Crippen LogP contribution in [0.3, 0.4) is 0 Å². The van der Waals surface area contributed by atoms with Crippen LogP contribution in [0.5, 0.6) is 0 Å². The molecule has 0 saturated heterocycles. The maximum Gasteiger partial charge on any atom is 0.155 e. The molecule has 1 atom stereocenters. The molecule has 1 aliphatic heterocycles. The van der Waals surface area contributed by atoms with Crippen molar-refractivity contribution in [3.8, 4) is 0 Å². The minimum Gasteiger partial charge on any atom is -0.339 e. The molecule has 3 nitrogen and oxygen atoms in total. The lowest BCUT2D eigenvalue weighted by molar-refractivity contribution is -0.119. The second-order valence-corrected chi connectivity index (χ2v) is 6.47. The van der Waals surface area contributed by atoms with E-state index in [2.05, 4.69) is 12.1 Å². The number of ketones is 1. The van der Waals surface area contributed by atoms with E-state index in [-0.39, 0.29) is 18.0 Å². The van der Waals surface area contributed by atoms with Gasteiger partial charge in [-0.2, -0.15) is 0 Å². The van der Waals surface area contributed by atoms with Crippen molar-refractivity contribution < 1.29 is 9.18 Å². The summed E-state index contributed by atoms with van der Waals surface area (Å²) in [6.45, 7) is 0.378. The predicted molar refractivity (Wildman–Crippen MR) is 88.5 cm³/mol. The molecular weight excluding hydrogens is 291 g/mol. The molecule has 1 fully saturated rings. The highest BCUT2D eigenvalue weighted by Crippen LogP contribution is 2.42. The first-order valence-electron chi connectivity index (χ1n) is 8.06. The van der Waals surface area contributed by atoms with Crippen LogP contribution in [-0.2, 0) is 11.2 Å². The summed E-state index contributed by atoms with van der Waals surface area (Å²) in [5, 5.41) is 0. The quantitative estimate of drug-likeness (QED) is 0.926. The molecule has 2 aromatic rings. The zero-order valence-corrected chi connectivity index (χ0v) is 12.8. The Bertz CT molecular complexity index is 770. The van der Waals surface area contributed by atoms with Crippen molar-refractivity contribution in [1.29, 1.82) is 0 Å². The zero-order chi connectivity index (χ0) is 16.0. The summed E-state index contributed by atoms with van der Waals surface area (Å²) in [6, 6.07) is 12.7. The van der Waals surface area contributed by atoms with E-state index in [0.717, 1.165) is 11.4 Å². The van der Waals surface area contributed by atoms with Gasteiger partial charge >= 0.3 is 0 Å². The van der Waals surface area contributed by atoms with Crippen molar-refractivity contribution in [2.45, 2.75) is 31.2 Å². The second-order valence-electron chi connectivity index (χ2n) is 6.47. The third-order valence-electron chi connectivity index (χ3n) is 4.76. The third kappa shape index (κ3) is 2.63. The molecule has 118 valence electrons. The minimum absolute atomic E-state index is 0.0575. The monoisotopic (exact) mass is 310 g/mol. The number of nitrogens with two attached hydrogens (primary N) is 1. The van der Waals surface area contributed by atoms with Crippen LogP contribution in [-0.4, -0.2) is 18.4 Å². The minimum atomic E-state index is -0.605. The van der Waals surface area contributed by atoms with E-state index >= 15 is 0 Å². The number of halogens is 1. The Hall–Kier alpha value is -2.20. The fourth-order valence-electron chi connectivity index (χ4n) is 3.29. The Morgan fingerprint density at radius 3 is 2.70 bits per heavy atom. The molecule has 1 aliphatic carbocycles. The number of anilines is 2. The van der Waals surface area contributed by atoms with E-state index in [1.54, 1.807) is 6.07 Å². The van der Waals surface area contributed by atoms with Gasteiger partial charge in [0.2, 0.25) is 0 Å². The van der Waals surface area contributed by atoms with Crippen molar-refractivity contribution >= 4 is 17.2 Å². The van der Waals surface area contributed by atoms with Crippen molar-refractivity contribution in [3.05, 3.63) is 59.4 Å². The first kappa shape index (κ1) is 14.4. The smallest absolute Gasteiger partial charge is 0.155 e. The maximum atomic E-state index is 14.2. The summed E-state index contributed by atoms with van der Waals surface area (Å²) in [7, 11) is 0. The first-order chi connectivity index (χ1) is 11.1. The van der Waals surface area contributed by atoms with Crippen molar-refractivity contribution in [1.82, 2.24) is 0 Å². The van der Waals surface area contributed by atoms with Gasteiger partial charge in [0, 0.05) is 29.9 Å². The van der Waals surface area contributed by atoms with Crippen LogP contribution in [0.1, 0.15) is 29.9 Å². The Kier molecular flexibility index (Phi) is 3.42. The highest BCUT2D eigenvalue weighted by molar-refractivity contribution is 5.90. The number of hydrogen-bond acceptors (Lipinski definition) is 3. The van der Waals surface area contributed by atoms with E-state index in [9.17, 15) is 9.18 Å². The molecule has 1 saturated carbocycles. The van der Waals surface area contributed by atoms with Gasteiger partial charge in [0.05, 0.1) is 6.04 Å². The lowest BCUT2D eigenvalue weighted by atomic mass is 10.0. The van der Waals surface area contributed by atoms with E-state index in [1.807, 2.05) is 23.1 Å². The zero-order valence-electron chi connectivity index (χ0n) is 12.8. The van der Waals surface area contributed by atoms with Crippen molar-refractivity contribution in [2.75, 3.05) is 11.4 Å². The molecule has 0 bridgehead atoms. The summed E-state index contributed by atoms with van der Waals surface area (Å²) in [4.78, 5) is 14.2. The van der Waals surface area contributed by atoms with Gasteiger partial charge in [-0.15, -0.1) is 0 Å². The van der Waals surface area contributed by atoms with Gasteiger partial charge in [-0.05, 0) is 48.6 Å². The maximum absolute atomic E-state index is 14.2. The lowest BCUT2D eigenvalue weighted by Crippen LogP contribution is -2.39. The fraction of sp³-hybridized carbons (Fsp3) is 0.316. The number of carbonyl (C=O) groups excluding carboxylic acids is 1. The summed E-state index contributed by atoms with van der Waals surface area (Å²) >= 11 is 0. The highest BCUT2D eigenvalue weighted by Gasteiger charge is 2.29. The van der Waals surface area contributed by atoms with Gasteiger partial charge in [0.25, 0.3) is 0 Å². The van der Waals surface area contributed by atoms with Crippen LogP contribution in [0.25, 0.3) is 0 Å². The van der Waals surface area contributed by atoms with Gasteiger partial charge < -0.3 is 10.6 Å². The van der Waals surface area contributed by atoms with Crippen LogP contribution in [0.2, 0.25) is 0 Å². The summed E-state index contributed by atoms with van der Waals surface area (Å²) in [6.07, 6.45) is 2.52. The van der Waals surface area contributed by atoms with Gasteiger partial charge in [0.1, 0.15) is 5.82 Å². The molecule has 0 spiro atoms. The average Bonchev–Trinajstić information content (AvgIpc) is 3.39. The van der Waals surface area contributed by atoms with Gasteiger partial charge in [-0.25, -0.2) is 4.39 Å². The van der Waals surface area contributed by atoms with Gasteiger partial charge in [-0.1, -0.05) is 18.2 Å². The van der Waals surface area contributed by atoms with Crippen molar-refractivity contribution in [2.24, 2.45) is 5.73 Å². The topological polar surface area (TPSA) is 46.3 Å². The van der Waals surface area contributed by atoms with Crippen LogP contribution in [0, 0.1) is 5.82 Å². The average molecular weight is 310 g/mol. The number of benzene rings is 2. The molecule has 0 aromatic heterocycles. The third-order valence-corrected chi connectivity index (χ3v) is 4.76. The summed E-state index contributed by atoms with van der Waals surface area (Å²) < 4.78 is 14.2. The largest absolute Gasteiger partial charge is 0.339 e. The molecule has 4 rings (SSSR count). The van der Waals surface area contributed by atoms with Crippen LogP contribution in [0.4, 0.5) is 15.8 Å². The molecule has 0 unspecified atom stereocenters. The number of carbonyl (C=O) groups is 1. The Morgan fingerprint density at radius 1 is 1.13 bits per heavy atom. The van der Waals surface area contributed by atoms with E-state index < -0.39 is 6.04 Å². The molecule has 1 heterocycles. The van der Waals surface area contributed by atoms with Gasteiger partial charge in [-0.3, -0.25) is 4.79 Å². The molecule has 0 radical (unpaired) electrons. The number of rotatable bonds is 2. The Balaban J connectivity index is 1.82. The van der Waals surface area contributed by atoms with Crippen LogP contribution < -0.4 is 10.6 Å². The van der Waals surface area contributed by atoms with Crippen LogP contribution >= 0.6 is 0 Å². The number of fused-ring (bicyclic) bond motifs is 1.